The first-order valence-corrected chi connectivity index (χ1v) is 6.29. The van der Waals surface area contributed by atoms with E-state index in [-0.39, 0.29) is 5.84 Å². The molecule has 0 bridgehead atoms. The zero-order chi connectivity index (χ0) is 14.8. The zero-order valence-electron chi connectivity index (χ0n) is 10.7. The van der Waals surface area contributed by atoms with Gasteiger partial charge < -0.3 is 4.42 Å². The fourth-order valence-corrected chi connectivity index (χ4v) is 2.23. The summed E-state index contributed by atoms with van der Waals surface area (Å²) in [6.07, 6.45) is 2.97. The number of aromatic nitrogens is 2. The van der Waals surface area contributed by atoms with Crippen LogP contribution in [-0.4, -0.2) is 15.8 Å². The quantitative estimate of drug-likeness (QED) is 0.244. The number of amidine groups is 1. The average Bonchev–Trinajstić information content (AvgIpc) is 2.96. The van der Waals surface area contributed by atoms with E-state index < -0.39 is 0 Å². The van der Waals surface area contributed by atoms with E-state index in [1.807, 2.05) is 12.1 Å². The third-order valence-corrected chi connectivity index (χ3v) is 3.18. The lowest BCUT2D eigenvalue weighted by molar-refractivity contribution is -0.114. The molecule has 0 radical (unpaired) electrons. The lowest BCUT2D eigenvalue weighted by Crippen LogP contribution is -2.39. The summed E-state index contributed by atoms with van der Waals surface area (Å²) >= 11 is 6.19. The molecule has 21 heavy (non-hydrogen) atoms. The van der Waals surface area contributed by atoms with E-state index in [0.717, 1.165) is 10.9 Å². The van der Waals surface area contributed by atoms with Crippen LogP contribution in [0.4, 0.5) is 0 Å². The Hall–Kier alpha value is -2.80. The van der Waals surface area contributed by atoms with Crippen LogP contribution in [0.5, 0.6) is 0 Å². The highest BCUT2D eigenvalue weighted by molar-refractivity contribution is 6.35. The molecule has 0 saturated heterocycles. The number of halogens is 1. The minimum Gasteiger partial charge on any atom is -0.463 e. The first-order valence-electron chi connectivity index (χ1n) is 5.92. The summed E-state index contributed by atoms with van der Waals surface area (Å²) < 4.78 is 5.30. The summed E-state index contributed by atoms with van der Waals surface area (Å²) in [4.78, 5) is 8.24. The van der Waals surface area contributed by atoms with Crippen molar-refractivity contribution in [1.29, 1.82) is 0 Å². The van der Waals surface area contributed by atoms with Crippen LogP contribution in [0.2, 0.25) is 5.02 Å². The van der Waals surface area contributed by atoms with E-state index in [1.165, 1.54) is 6.33 Å². The van der Waals surface area contributed by atoms with Crippen molar-refractivity contribution in [3.8, 4) is 11.3 Å². The highest BCUT2D eigenvalue weighted by Crippen LogP contribution is 2.30. The second-order valence-corrected chi connectivity index (χ2v) is 4.59. The molecule has 4 N–H and O–H groups in total. The summed E-state index contributed by atoms with van der Waals surface area (Å²) in [5.41, 5.74) is 2.53. The van der Waals surface area contributed by atoms with Crippen LogP contribution in [0.3, 0.4) is 0 Å². The molecule has 0 aliphatic heterocycles. The smallest absolute Gasteiger partial charge is 0.369 e. The maximum atomic E-state index is 6.19. The van der Waals surface area contributed by atoms with Crippen molar-refractivity contribution >= 4 is 28.4 Å². The maximum absolute atomic E-state index is 6.19. The molecule has 2 heterocycles. The monoisotopic (exact) mass is 301 g/mol. The fourth-order valence-electron chi connectivity index (χ4n) is 1.95. The van der Waals surface area contributed by atoms with E-state index in [0.29, 0.717) is 22.0 Å². The fraction of sp³-hybridized carbons (Fsp3) is 0. The number of nitrogens with two attached hydrogens (primary N) is 2. The summed E-state index contributed by atoms with van der Waals surface area (Å²) in [5.74, 6) is 5.08. The van der Waals surface area contributed by atoms with Crippen molar-refractivity contribution in [3.63, 3.8) is 0 Å². The zero-order valence-corrected chi connectivity index (χ0v) is 11.4. The van der Waals surface area contributed by atoms with Gasteiger partial charge in [0, 0.05) is 16.2 Å². The van der Waals surface area contributed by atoms with E-state index in [2.05, 4.69) is 20.3 Å². The number of hydrogen-bond donors (Lipinski definition) is 2. The molecule has 3 rings (SSSR count). The molecule has 104 valence electrons. The van der Waals surface area contributed by atoms with E-state index in [1.54, 1.807) is 18.4 Å². The first kappa shape index (κ1) is 13.2. The Morgan fingerprint density at radius 3 is 2.95 bits per heavy atom. The standard InChI is InChI=1S/C13H9ClN6O/c14-9-4-8(3-7-1-2-21-12(7)9)10-5-11(18-6-17-10)13(15)19-20-16/h1-6H,(H3,15,16,19)/p+1. The number of benzene rings is 1. The largest absolute Gasteiger partial charge is 0.463 e. The molecule has 0 saturated carbocycles. The SMILES string of the molecule is NN=NC(=[NH2+])c1cc(-c2cc(Cl)c3occc3c2)ncn1. The number of nitrogens with zero attached hydrogens (tertiary/aromatic N) is 4. The van der Waals surface area contributed by atoms with Gasteiger partial charge in [0.25, 0.3) is 0 Å². The Labute approximate surface area is 124 Å². The summed E-state index contributed by atoms with van der Waals surface area (Å²) in [7, 11) is 0. The minimum absolute atomic E-state index is 0.108. The Bertz CT molecular complexity index is 857. The van der Waals surface area contributed by atoms with Crippen LogP contribution in [0.1, 0.15) is 5.69 Å². The van der Waals surface area contributed by atoms with Gasteiger partial charge in [0.1, 0.15) is 6.33 Å². The molecule has 0 atom stereocenters. The Balaban J connectivity index is 2.10. The van der Waals surface area contributed by atoms with Gasteiger partial charge in [0.15, 0.2) is 11.3 Å². The number of rotatable bonds is 2. The van der Waals surface area contributed by atoms with Gasteiger partial charge in [-0.15, -0.1) is 0 Å². The van der Waals surface area contributed by atoms with Crippen molar-refractivity contribution in [1.82, 2.24) is 9.97 Å². The van der Waals surface area contributed by atoms with Gasteiger partial charge in [0.05, 0.1) is 22.1 Å². The highest BCUT2D eigenvalue weighted by atomic mass is 35.5. The lowest BCUT2D eigenvalue weighted by atomic mass is 10.1. The first-order chi connectivity index (χ1) is 10.2. The van der Waals surface area contributed by atoms with E-state index in [9.17, 15) is 0 Å². The van der Waals surface area contributed by atoms with Gasteiger partial charge in [-0.1, -0.05) is 11.6 Å². The van der Waals surface area contributed by atoms with Crippen molar-refractivity contribution < 1.29 is 9.83 Å². The van der Waals surface area contributed by atoms with Gasteiger partial charge in [-0.05, 0) is 24.3 Å². The van der Waals surface area contributed by atoms with Crippen molar-refractivity contribution in [2.75, 3.05) is 0 Å². The number of furan rings is 1. The van der Waals surface area contributed by atoms with E-state index in [4.69, 9.17) is 27.3 Å². The Kier molecular flexibility index (Phi) is 3.33. The number of fused-ring (bicyclic) bond motifs is 1. The molecule has 3 aromatic rings. The van der Waals surface area contributed by atoms with Crippen LogP contribution >= 0.6 is 11.6 Å². The average molecular weight is 302 g/mol. The van der Waals surface area contributed by atoms with Gasteiger partial charge in [-0.25, -0.2) is 9.97 Å². The second-order valence-electron chi connectivity index (χ2n) is 4.19. The van der Waals surface area contributed by atoms with Gasteiger partial charge in [-0.2, -0.15) is 0 Å². The van der Waals surface area contributed by atoms with Crippen LogP contribution in [-0.2, 0) is 0 Å². The Morgan fingerprint density at radius 1 is 1.29 bits per heavy atom. The van der Waals surface area contributed by atoms with Gasteiger partial charge in [0.2, 0.25) is 0 Å². The lowest BCUT2D eigenvalue weighted by Gasteiger charge is -2.02. The summed E-state index contributed by atoms with van der Waals surface area (Å²) in [5, 5.41) is 13.8. The third kappa shape index (κ3) is 2.46. The van der Waals surface area contributed by atoms with Gasteiger partial charge in [-0.3, -0.25) is 11.3 Å². The molecule has 0 amide bonds. The molecule has 0 aliphatic carbocycles. The summed E-state index contributed by atoms with van der Waals surface area (Å²) in [6, 6.07) is 7.19. The third-order valence-electron chi connectivity index (χ3n) is 2.90. The summed E-state index contributed by atoms with van der Waals surface area (Å²) in [6.45, 7) is 0. The molecule has 0 unspecified atom stereocenters. The highest BCUT2D eigenvalue weighted by Gasteiger charge is 2.14. The maximum Gasteiger partial charge on any atom is 0.369 e. The minimum atomic E-state index is 0.108. The van der Waals surface area contributed by atoms with Crippen molar-refractivity contribution in [2.45, 2.75) is 0 Å². The van der Waals surface area contributed by atoms with Crippen molar-refractivity contribution in [2.24, 2.45) is 16.2 Å². The van der Waals surface area contributed by atoms with Crippen LogP contribution < -0.4 is 11.3 Å². The molecule has 0 aliphatic rings. The molecular formula is C13H10ClN6O+. The molecule has 2 aromatic heterocycles. The Morgan fingerprint density at radius 2 is 2.14 bits per heavy atom. The van der Waals surface area contributed by atoms with E-state index >= 15 is 0 Å². The van der Waals surface area contributed by atoms with Crippen LogP contribution in [0.15, 0.2) is 51.6 Å². The molecule has 0 fully saturated rings. The molecular weight excluding hydrogens is 292 g/mol. The molecule has 8 heteroatoms. The van der Waals surface area contributed by atoms with Crippen LogP contribution in [0.25, 0.3) is 22.2 Å². The molecule has 0 spiro atoms. The normalized spacial score (nSPS) is 11.3. The van der Waals surface area contributed by atoms with Crippen molar-refractivity contribution in [3.05, 3.63) is 47.6 Å². The molecule has 7 nitrogen and oxygen atoms in total. The predicted molar refractivity (Wildman–Crippen MR) is 77.3 cm³/mol. The predicted octanol–water partition coefficient (Wildman–Crippen LogP) is 1.37. The van der Waals surface area contributed by atoms with Crippen LogP contribution in [0, 0.1) is 0 Å². The second kappa shape index (κ2) is 5.29. The number of hydrogen-bond acceptors (Lipinski definition) is 4. The molecule has 1 aromatic carbocycles. The van der Waals surface area contributed by atoms with Gasteiger partial charge >= 0.3 is 5.84 Å². The topological polar surface area (TPSA) is 115 Å².